The smallest absolute Gasteiger partial charge is 0.166 e. The molecule has 1 fully saturated rings. The van der Waals surface area contributed by atoms with Gasteiger partial charge in [-0.25, -0.2) is 0 Å². The maximum atomic E-state index is 12.6. The van der Waals surface area contributed by atoms with Gasteiger partial charge in [-0.05, 0) is 48.4 Å². The third-order valence-electron chi connectivity index (χ3n) is 2.80. The first-order chi connectivity index (χ1) is 7.00. The summed E-state index contributed by atoms with van der Waals surface area (Å²) >= 11 is 0. The van der Waals surface area contributed by atoms with Crippen molar-refractivity contribution in [3.8, 4) is 0 Å². The zero-order valence-corrected chi connectivity index (χ0v) is 8.56. The number of aryl methyl sites for hydroxylation is 1. The summed E-state index contributed by atoms with van der Waals surface area (Å²) in [6, 6.07) is 4.47. The molecule has 15 heavy (non-hydrogen) atoms. The molecule has 3 heteroatoms. The van der Waals surface area contributed by atoms with Gasteiger partial charge in [-0.2, -0.15) is 13.2 Å². The highest BCUT2D eigenvalue weighted by Crippen LogP contribution is 2.42. The molecule has 2 rings (SSSR count). The Morgan fingerprint density at radius 1 is 1.20 bits per heavy atom. The van der Waals surface area contributed by atoms with Crippen LogP contribution in [0.3, 0.4) is 0 Å². The first-order valence-electron chi connectivity index (χ1n) is 5.21. The summed E-state index contributed by atoms with van der Waals surface area (Å²) in [4.78, 5) is 0. The third-order valence-corrected chi connectivity index (χ3v) is 2.80. The average molecular weight is 214 g/mol. The monoisotopic (exact) mass is 214 g/mol. The van der Waals surface area contributed by atoms with Crippen molar-refractivity contribution in [1.29, 1.82) is 0 Å². The molecule has 0 heterocycles. The van der Waals surface area contributed by atoms with Crippen LogP contribution in [0.4, 0.5) is 13.2 Å². The third kappa shape index (κ3) is 2.33. The van der Waals surface area contributed by atoms with Crippen molar-refractivity contribution in [1.82, 2.24) is 0 Å². The number of hydrogen-bond acceptors (Lipinski definition) is 0. The maximum absolute atomic E-state index is 12.6. The van der Waals surface area contributed by atoms with Crippen LogP contribution in [-0.4, -0.2) is 0 Å². The predicted octanol–water partition coefficient (Wildman–Crippen LogP) is 4.15. The first kappa shape index (κ1) is 10.5. The molecular weight excluding hydrogens is 201 g/mol. The second-order valence-electron chi connectivity index (χ2n) is 4.09. The minimum Gasteiger partial charge on any atom is -0.166 e. The molecule has 1 aliphatic rings. The molecule has 0 N–H and O–H groups in total. The molecule has 0 saturated heterocycles. The van der Waals surface area contributed by atoms with E-state index in [0.717, 1.165) is 24.0 Å². The van der Waals surface area contributed by atoms with Crippen molar-refractivity contribution in [2.45, 2.75) is 38.3 Å². The van der Waals surface area contributed by atoms with Crippen LogP contribution in [0.5, 0.6) is 0 Å². The van der Waals surface area contributed by atoms with Gasteiger partial charge in [-0.3, -0.25) is 0 Å². The number of halogens is 3. The molecule has 0 atom stereocenters. The first-order valence-corrected chi connectivity index (χ1v) is 5.21. The Hall–Kier alpha value is -0.990. The highest BCUT2D eigenvalue weighted by atomic mass is 19.4. The number of alkyl halides is 3. The molecular formula is C12H13F3. The average Bonchev–Trinajstić information content (AvgIpc) is 2.99. The van der Waals surface area contributed by atoms with E-state index in [1.165, 1.54) is 12.1 Å². The summed E-state index contributed by atoms with van der Waals surface area (Å²) in [5.41, 5.74) is 1.15. The Morgan fingerprint density at radius 3 is 2.33 bits per heavy atom. The van der Waals surface area contributed by atoms with E-state index >= 15 is 0 Å². The topological polar surface area (TPSA) is 0 Å². The van der Waals surface area contributed by atoms with Crippen molar-refractivity contribution in [2.24, 2.45) is 0 Å². The standard InChI is InChI=1S/C12H13F3/c1-2-8-5-10(9-3-4-9)7-11(6-8)12(13,14)15/h5-7,9H,2-4H2,1H3. The molecule has 0 spiro atoms. The molecule has 0 bridgehead atoms. The van der Waals surface area contributed by atoms with Gasteiger partial charge in [0.2, 0.25) is 0 Å². The van der Waals surface area contributed by atoms with E-state index in [1.807, 2.05) is 13.0 Å². The van der Waals surface area contributed by atoms with Gasteiger partial charge in [0.05, 0.1) is 5.56 Å². The summed E-state index contributed by atoms with van der Waals surface area (Å²) in [5.74, 6) is 0.373. The molecule has 1 saturated carbocycles. The van der Waals surface area contributed by atoms with E-state index < -0.39 is 11.7 Å². The molecule has 0 aliphatic heterocycles. The lowest BCUT2D eigenvalue weighted by Gasteiger charge is -2.11. The summed E-state index contributed by atoms with van der Waals surface area (Å²) < 4.78 is 37.7. The molecule has 82 valence electrons. The van der Waals surface area contributed by atoms with Gasteiger partial charge in [0.1, 0.15) is 0 Å². The Morgan fingerprint density at radius 2 is 1.87 bits per heavy atom. The van der Waals surface area contributed by atoms with Crippen molar-refractivity contribution in [2.75, 3.05) is 0 Å². The fraction of sp³-hybridized carbons (Fsp3) is 0.500. The van der Waals surface area contributed by atoms with Crippen LogP contribution in [0.2, 0.25) is 0 Å². The van der Waals surface area contributed by atoms with Crippen LogP contribution < -0.4 is 0 Å². The van der Waals surface area contributed by atoms with Crippen molar-refractivity contribution in [3.05, 3.63) is 34.9 Å². The van der Waals surface area contributed by atoms with Gasteiger partial charge in [-0.15, -0.1) is 0 Å². The lowest BCUT2D eigenvalue weighted by Crippen LogP contribution is -2.06. The van der Waals surface area contributed by atoms with Crippen LogP contribution in [0.25, 0.3) is 0 Å². The summed E-state index contributed by atoms with van der Waals surface area (Å²) in [7, 11) is 0. The maximum Gasteiger partial charge on any atom is 0.416 e. The Labute approximate surface area is 87.1 Å². The van der Waals surface area contributed by atoms with E-state index in [4.69, 9.17) is 0 Å². The van der Waals surface area contributed by atoms with Crippen LogP contribution in [0, 0.1) is 0 Å². The van der Waals surface area contributed by atoms with Gasteiger partial charge in [0.15, 0.2) is 0 Å². The zero-order chi connectivity index (χ0) is 11.1. The molecule has 0 nitrogen and oxygen atoms in total. The highest BCUT2D eigenvalue weighted by Gasteiger charge is 2.33. The molecule has 0 aromatic heterocycles. The van der Waals surface area contributed by atoms with E-state index in [-0.39, 0.29) is 0 Å². The van der Waals surface area contributed by atoms with E-state index in [9.17, 15) is 13.2 Å². The number of hydrogen-bond donors (Lipinski definition) is 0. The number of benzene rings is 1. The second kappa shape index (κ2) is 3.54. The Bertz CT molecular complexity index is 362. The van der Waals surface area contributed by atoms with E-state index in [1.54, 1.807) is 0 Å². The summed E-state index contributed by atoms with van der Waals surface area (Å²) in [6.07, 6.45) is -1.49. The van der Waals surface area contributed by atoms with Gasteiger partial charge in [-0.1, -0.05) is 13.0 Å². The normalized spacial score (nSPS) is 16.8. The van der Waals surface area contributed by atoms with Crippen LogP contribution in [0.1, 0.15) is 42.4 Å². The largest absolute Gasteiger partial charge is 0.416 e. The highest BCUT2D eigenvalue weighted by molar-refractivity contribution is 5.35. The Balaban J connectivity index is 2.41. The predicted molar refractivity (Wildman–Crippen MR) is 52.8 cm³/mol. The van der Waals surface area contributed by atoms with E-state index in [0.29, 0.717) is 12.3 Å². The lowest BCUT2D eigenvalue weighted by atomic mass is 10.0. The molecule has 0 radical (unpaired) electrons. The van der Waals surface area contributed by atoms with Crippen molar-refractivity contribution in [3.63, 3.8) is 0 Å². The summed E-state index contributed by atoms with van der Waals surface area (Å²) in [5, 5.41) is 0. The van der Waals surface area contributed by atoms with Crippen LogP contribution in [0.15, 0.2) is 18.2 Å². The molecule has 0 amide bonds. The second-order valence-corrected chi connectivity index (χ2v) is 4.09. The van der Waals surface area contributed by atoms with Crippen LogP contribution in [-0.2, 0) is 12.6 Å². The summed E-state index contributed by atoms with van der Waals surface area (Å²) in [6.45, 7) is 1.88. The van der Waals surface area contributed by atoms with E-state index in [2.05, 4.69) is 0 Å². The van der Waals surface area contributed by atoms with Crippen LogP contribution >= 0.6 is 0 Å². The lowest BCUT2D eigenvalue weighted by molar-refractivity contribution is -0.137. The minimum absolute atomic E-state index is 0.373. The van der Waals surface area contributed by atoms with Gasteiger partial charge >= 0.3 is 6.18 Å². The molecule has 1 aromatic carbocycles. The SMILES string of the molecule is CCc1cc(C2CC2)cc(C(F)(F)F)c1. The van der Waals surface area contributed by atoms with Gasteiger partial charge in [0, 0.05) is 0 Å². The molecule has 1 aliphatic carbocycles. The Kier molecular flexibility index (Phi) is 2.49. The fourth-order valence-electron chi connectivity index (χ4n) is 1.74. The zero-order valence-electron chi connectivity index (χ0n) is 8.56. The quantitative estimate of drug-likeness (QED) is 0.693. The van der Waals surface area contributed by atoms with Crippen molar-refractivity contribution < 1.29 is 13.2 Å². The fourth-order valence-corrected chi connectivity index (χ4v) is 1.74. The molecule has 1 aromatic rings. The minimum atomic E-state index is -4.21. The number of rotatable bonds is 2. The molecule has 0 unspecified atom stereocenters. The van der Waals surface area contributed by atoms with Gasteiger partial charge < -0.3 is 0 Å². The van der Waals surface area contributed by atoms with Crippen molar-refractivity contribution >= 4 is 0 Å². The van der Waals surface area contributed by atoms with Gasteiger partial charge in [0.25, 0.3) is 0 Å².